The van der Waals surface area contributed by atoms with E-state index in [4.69, 9.17) is 0 Å². The molecule has 0 saturated heterocycles. The predicted molar refractivity (Wildman–Crippen MR) is 124 cm³/mol. The number of para-hydroxylation sites is 1. The summed E-state index contributed by atoms with van der Waals surface area (Å²) in [6.07, 6.45) is 0. The Morgan fingerprint density at radius 3 is 1.84 bits per heavy atom. The SMILES string of the molecule is Cc1cccc(C)c1NC(=O)CNC(=O)[C@H](C)[NH2+]C(c1ccccc1)c1ccccc1. The van der Waals surface area contributed by atoms with Gasteiger partial charge in [0.25, 0.3) is 5.91 Å². The molecular formula is C26H30N3O2+. The number of amides is 2. The van der Waals surface area contributed by atoms with Crippen LogP contribution in [0.4, 0.5) is 5.69 Å². The molecule has 0 spiro atoms. The summed E-state index contributed by atoms with van der Waals surface area (Å²) in [6, 6.07) is 25.7. The van der Waals surface area contributed by atoms with E-state index < -0.39 is 0 Å². The molecule has 0 heterocycles. The van der Waals surface area contributed by atoms with Crippen LogP contribution in [0.1, 0.15) is 35.2 Å². The molecule has 0 aliphatic heterocycles. The number of aryl methyl sites for hydroxylation is 2. The average Bonchev–Trinajstić information content (AvgIpc) is 2.79. The fourth-order valence-corrected chi connectivity index (χ4v) is 3.64. The first kappa shape index (κ1) is 22.2. The van der Waals surface area contributed by atoms with Crippen LogP contribution in [0.3, 0.4) is 0 Å². The number of quaternary nitrogens is 1. The number of nitrogens with two attached hydrogens (primary N) is 1. The van der Waals surface area contributed by atoms with Crippen molar-refractivity contribution >= 4 is 17.5 Å². The summed E-state index contributed by atoms with van der Waals surface area (Å²) in [4.78, 5) is 25.1. The molecule has 2 amide bonds. The number of nitrogens with one attached hydrogen (secondary N) is 2. The molecule has 1 atom stereocenters. The first-order valence-corrected chi connectivity index (χ1v) is 10.5. The van der Waals surface area contributed by atoms with Gasteiger partial charge in [-0.15, -0.1) is 0 Å². The summed E-state index contributed by atoms with van der Waals surface area (Å²) in [5, 5.41) is 7.70. The van der Waals surface area contributed by atoms with E-state index in [1.54, 1.807) is 0 Å². The highest BCUT2D eigenvalue weighted by molar-refractivity contribution is 5.96. The van der Waals surface area contributed by atoms with Crippen LogP contribution in [0, 0.1) is 13.8 Å². The largest absolute Gasteiger partial charge is 0.342 e. The lowest BCUT2D eigenvalue weighted by molar-refractivity contribution is -0.704. The highest BCUT2D eigenvalue weighted by atomic mass is 16.2. The van der Waals surface area contributed by atoms with E-state index >= 15 is 0 Å². The Bertz CT molecular complexity index is 960. The van der Waals surface area contributed by atoms with Crippen LogP contribution < -0.4 is 16.0 Å². The summed E-state index contributed by atoms with van der Waals surface area (Å²) in [5.74, 6) is -0.408. The van der Waals surface area contributed by atoms with Gasteiger partial charge in [-0.25, -0.2) is 0 Å². The van der Waals surface area contributed by atoms with Crippen LogP contribution >= 0.6 is 0 Å². The third-order valence-corrected chi connectivity index (χ3v) is 5.38. The fourth-order valence-electron chi connectivity index (χ4n) is 3.64. The highest BCUT2D eigenvalue weighted by Crippen LogP contribution is 2.19. The van der Waals surface area contributed by atoms with E-state index in [-0.39, 0.29) is 30.4 Å². The van der Waals surface area contributed by atoms with Gasteiger partial charge in [-0.2, -0.15) is 0 Å². The molecule has 0 bridgehead atoms. The van der Waals surface area contributed by atoms with Gasteiger partial charge in [0.1, 0.15) is 6.04 Å². The van der Waals surface area contributed by atoms with E-state index in [9.17, 15) is 9.59 Å². The van der Waals surface area contributed by atoms with Crippen molar-refractivity contribution in [1.29, 1.82) is 0 Å². The maximum absolute atomic E-state index is 12.7. The Morgan fingerprint density at radius 1 is 0.806 bits per heavy atom. The molecule has 0 unspecified atom stereocenters. The van der Waals surface area contributed by atoms with Crippen molar-refractivity contribution in [1.82, 2.24) is 5.32 Å². The third kappa shape index (κ3) is 6.03. The van der Waals surface area contributed by atoms with Gasteiger partial charge >= 0.3 is 0 Å². The molecule has 3 aromatic carbocycles. The molecule has 0 aliphatic carbocycles. The number of benzene rings is 3. The van der Waals surface area contributed by atoms with E-state index in [2.05, 4.69) is 34.9 Å². The quantitative estimate of drug-likeness (QED) is 0.528. The van der Waals surface area contributed by atoms with Crippen molar-refractivity contribution in [3.63, 3.8) is 0 Å². The van der Waals surface area contributed by atoms with Gasteiger partial charge < -0.3 is 16.0 Å². The Labute approximate surface area is 183 Å². The van der Waals surface area contributed by atoms with Crippen LogP contribution in [0.5, 0.6) is 0 Å². The Hall–Kier alpha value is -3.44. The second kappa shape index (κ2) is 10.5. The molecule has 0 fully saturated rings. The third-order valence-electron chi connectivity index (χ3n) is 5.38. The van der Waals surface area contributed by atoms with Crippen molar-refractivity contribution in [2.24, 2.45) is 0 Å². The molecule has 0 radical (unpaired) electrons. The first-order valence-electron chi connectivity index (χ1n) is 10.5. The van der Waals surface area contributed by atoms with Gasteiger partial charge in [-0.1, -0.05) is 78.9 Å². The minimum absolute atomic E-state index is 0.00778. The zero-order valence-corrected chi connectivity index (χ0v) is 18.3. The fraction of sp³-hybridized carbons (Fsp3) is 0.231. The van der Waals surface area contributed by atoms with Gasteiger partial charge in [-0.05, 0) is 31.9 Å². The average molecular weight is 417 g/mol. The minimum atomic E-state index is -0.363. The van der Waals surface area contributed by atoms with Gasteiger partial charge in [0.2, 0.25) is 5.91 Å². The van der Waals surface area contributed by atoms with Gasteiger partial charge in [-0.3, -0.25) is 9.59 Å². The van der Waals surface area contributed by atoms with Gasteiger partial charge in [0, 0.05) is 16.8 Å². The highest BCUT2D eigenvalue weighted by Gasteiger charge is 2.25. The van der Waals surface area contributed by atoms with E-state index in [1.165, 1.54) is 0 Å². The van der Waals surface area contributed by atoms with Crippen LogP contribution in [0.25, 0.3) is 0 Å². The predicted octanol–water partition coefficient (Wildman–Crippen LogP) is 3.10. The molecular weight excluding hydrogens is 386 g/mol. The van der Waals surface area contributed by atoms with E-state index in [1.807, 2.05) is 80.7 Å². The number of anilines is 1. The summed E-state index contributed by atoms with van der Waals surface area (Å²) in [5.41, 5.74) is 5.04. The number of rotatable bonds is 8. The van der Waals surface area contributed by atoms with Crippen molar-refractivity contribution < 1.29 is 14.9 Å². The molecule has 160 valence electrons. The van der Waals surface area contributed by atoms with Crippen molar-refractivity contribution in [2.45, 2.75) is 32.9 Å². The van der Waals surface area contributed by atoms with E-state index in [0.717, 1.165) is 27.9 Å². The Balaban J connectivity index is 1.61. The normalized spacial score (nSPS) is 11.7. The maximum atomic E-state index is 12.7. The standard InChI is InChI=1S/C26H29N3O2/c1-18-11-10-12-19(2)24(18)29-23(30)17-27-26(31)20(3)28-25(21-13-6-4-7-14-21)22-15-8-5-9-16-22/h4-16,20,25,28H,17H2,1-3H3,(H,27,31)(H,29,30)/p+1/t20-/m0/s1. The lowest BCUT2D eigenvalue weighted by Crippen LogP contribution is -2.92. The molecule has 5 nitrogen and oxygen atoms in total. The molecule has 3 rings (SSSR count). The Morgan fingerprint density at radius 2 is 1.32 bits per heavy atom. The molecule has 31 heavy (non-hydrogen) atoms. The maximum Gasteiger partial charge on any atom is 0.278 e. The lowest BCUT2D eigenvalue weighted by Gasteiger charge is -2.20. The molecule has 0 saturated carbocycles. The van der Waals surface area contributed by atoms with Crippen molar-refractivity contribution in [3.8, 4) is 0 Å². The summed E-state index contributed by atoms with van der Waals surface area (Å²) < 4.78 is 0. The van der Waals surface area contributed by atoms with Gasteiger partial charge in [0.05, 0.1) is 6.54 Å². The lowest BCUT2D eigenvalue weighted by atomic mass is 9.98. The minimum Gasteiger partial charge on any atom is -0.342 e. The molecule has 3 aromatic rings. The van der Waals surface area contributed by atoms with Crippen LogP contribution in [0.2, 0.25) is 0 Å². The number of carbonyl (C=O) groups excluding carboxylic acids is 2. The van der Waals surface area contributed by atoms with E-state index in [0.29, 0.717) is 0 Å². The number of carbonyl (C=O) groups is 2. The van der Waals surface area contributed by atoms with Crippen LogP contribution in [-0.4, -0.2) is 24.4 Å². The van der Waals surface area contributed by atoms with Crippen molar-refractivity contribution in [2.75, 3.05) is 11.9 Å². The molecule has 4 N–H and O–H groups in total. The second-order valence-electron chi connectivity index (χ2n) is 7.81. The molecule has 0 aliphatic rings. The number of hydrogen-bond donors (Lipinski definition) is 3. The smallest absolute Gasteiger partial charge is 0.278 e. The van der Waals surface area contributed by atoms with Gasteiger partial charge in [0.15, 0.2) is 6.04 Å². The monoisotopic (exact) mass is 416 g/mol. The zero-order chi connectivity index (χ0) is 22.2. The first-order chi connectivity index (χ1) is 15.0. The second-order valence-corrected chi connectivity index (χ2v) is 7.81. The summed E-state index contributed by atoms with van der Waals surface area (Å²) in [6.45, 7) is 5.70. The molecule has 5 heteroatoms. The molecule has 0 aromatic heterocycles. The topological polar surface area (TPSA) is 74.8 Å². The zero-order valence-electron chi connectivity index (χ0n) is 18.3. The Kier molecular flexibility index (Phi) is 7.57. The number of hydrogen-bond acceptors (Lipinski definition) is 2. The summed E-state index contributed by atoms with van der Waals surface area (Å²) in [7, 11) is 0. The van der Waals surface area contributed by atoms with Crippen molar-refractivity contribution in [3.05, 3.63) is 101 Å². The van der Waals surface area contributed by atoms with Crippen LogP contribution in [-0.2, 0) is 9.59 Å². The summed E-state index contributed by atoms with van der Waals surface area (Å²) >= 11 is 0. The van der Waals surface area contributed by atoms with Crippen LogP contribution in [0.15, 0.2) is 78.9 Å².